The molecule has 1 aromatic carbocycles. The number of hydrogen-bond donors (Lipinski definition) is 1. The molecule has 0 amide bonds. The number of methoxy groups -OCH3 is 1. The van der Waals surface area contributed by atoms with E-state index in [1.807, 2.05) is 19.2 Å². The SMILES string of the molecule is CCCCCC1CC(NC)c2cc(OC)ccc2O1. The maximum absolute atomic E-state index is 6.11. The van der Waals surface area contributed by atoms with Crippen molar-refractivity contribution in [2.75, 3.05) is 14.2 Å². The minimum Gasteiger partial charge on any atom is -0.497 e. The van der Waals surface area contributed by atoms with E-state index in [2.05, 4.69) is 18.3 Å². The number of hydrogen-bond acceptors (Lipinski definition) is 3. The molecule has 1 aliphatic heterocycles. The highest BCUT2D eigenvalue weighted by molar-refractivity contribution is 5.43. The molecule has 1 N–H and O–H groups in total. The minimum atomic E-state index is 0.338. The number of ether oxygens (including phenoxy) is 2. The molecule has 1 heterocycles. The van der Waals surface area contributed by atoms with Crippen LogP contribution in [-0.2, 0) is 0 Å². The molecule has 106 valence electrons. The van der Waals surface area contributed by atoms with Gasteiger partial charge in [-0.25, -0.2) is 0 Å². The first kappa shape index (κ1) is 14.2. The summed E-state index contributed by atoms with van der Waals surface area (Å²) >= 11 is 0. The van der Waals surface area contributed by atoms with Gasteiger partial charge in [0, 0.05) is 18.0 Å². The summed E-state index contributed by atoms with van der Waals surface area (Å²) in [7, 11) is 3.72. The van der Waals surface area contributed by atoms with Gasteiger partial charge in [-0.15, -0.1) is 0 Å². The Balaban J connectivity index is 2.10. The normalized spacial score (nSPS) is 21.6. The van der Waals surface area contributed by atoms with Gasteiger partial charge in [-0.2, -0.15) is 0 Å². The molecule has 0 spiro atoms. The van der Waals surface area contributed by atoms with Crippen LogP contribution in [-0.4, -0.2) is 20.3 Å². The van der Waals surface area contributed by atoms with Gasteiger partial charge in [0.1, 0.15) is 17.6 Å². The van der Waals surface area contributed by atoms with Crippen LogP contribution >= 0.6 is 0 Å². The van der Waals surface area contributed by atoms with Gasteiger partial charge < -0.3 is 14.8 Å². The summed E-state index contributed by atoms with van der Waals surface area (Å²) < 4.78 is 11.4. The summed E-state index contributed by atoms with van der Waals surface area (Å²) in [5, 5.41) is 3.40. The number of unbranched alkanes of at least 4 members (excludes halogenated alkanes) is 2. The lowest BCUT2D eigenvalue weighted by atomic mass is 9.94. The molecule has 0 saturated heterocycles. The molecule has 2 rings (SSSR count). The summed E-state index contributed by atoms with van der Waals surface area (Å²) in [6.07, 6.45) is 6.33. The molecule has 0 aliphatic carbocycles. The van der Waals surface area contributed by atoms with Gasteiger partial charge in [0.25, 0.3) is 0 Å². The number of nitrogens with one attached hydrogen (secondary N) is 1. The van der Waals surface area contributed by atoms with Crippen LogP contribution in [0.15, 0.2) is 18.2 Å². The highest BCUT2D eigenvalue weighted by atomic mass is 16.5. The average Bonchev–Trinajstić information content (AvgIpc) is 2.46. The van der Waals surface area contributed by atoms with Crippen molar-refractivity contribution in [3.8, 4) is 11.5 Å². The van der Waals surface area contributed by atoms with Gasteiger partial charge in [0.05, 0.1) is 7.11 Å². The van der Waals surface area contributed by atoms with Gasteiger partial charge in [0.2, 0.25) is 0 Å². The van der Waals surface area contributed by atoms with Crippen molar-refractivity contribution in [2.45, 2.75) is 51.2 Å². The molecule has 1 aromatic rings. The third-order valence-electron chi connectivity index (χ3n) is 3.86. The maximum atomic E-state index is 6.11. The van der Waals surface area contributed by atoms with Gasteiger partial charge >= 0.3 is 0 Å². The van der Waals surface area contributed by atoms with Gasteiger partial charge in [-0.3, -0.25) is 0 Å². The summed E-state index contributed by atoms with van der Waals surface area (Å²) in [5.74, 6) is 1.90. The average molecular weight is 263 g/mol. The highest BCUT2D eigenvalue weighted by Crippen LogP contribution is 2.38. The Hall–Kier alpha value is -1.22. The second-order valence-electron chi connectivity index (χ2n) is 5.22. The molecule has 2 atom stereocenters. The Labute approximate surface area is 116 Å². The topological polar surface area (TPSA) is 30.5 Å². The molecule has 19 heavy (non-hydrogen) atoms. The number of benzene rings is 1. The third kappa shape index (κ3) is 3.41. The van der Waals surface area contributed by atoms with Crippen LogP contribution in [0.25, 0.3) is 0 Å². The van der Waals surface area contributed by atoms with Gasteiger partial charge in [-0.05, 0) is 38.1 Å². The quantitative estimate of drug-likeness (QED) is 0.794. The Bertz CT molecular complexity index is 406. The van der Waals surface area contributed by atoms with E-state index in [-0.39, 0.29) is 0 Å². The van der Waals surface area contributed by atoms with E-state index in [1.54, 1.807) is 7.11 Å². The minimum absolute atomic E-state index is 0.338. The summed E-state index contributed by atoms with van der Waals surface area (Å²) in [6.45, 7) is 2.24. The largest absolute Gasteiger partial charge is 0.497 e. The molecule has 1 aliphatic rings. The van der Waals surface area contributed by atoms with Crippen molar-refractivity contribution >= 4 is 0 Å². The molecule has 0 fully saturated rings. The fourth-order valence-corrected chi connectivity index (χ4v) is 2.72. The zero-order chi connectivity index (χ0) is 13.7. The molecule has 0 aromatic heterocycles. The molecule has 3 nitrogen and oxygen atoms in total. The molecule has 2 unspecified atom stereocenters. The van der Waals surface area contributed by atoms with Crippen LogP contribution in [0, 0.1) is 0 Å². The second kappa shape index (κ2) is 6.80. The molecular formula is C16H25NO2. The molecule has 3 heteroatoms. The van der Waals surface area contributed by atoms with Crippen LogP contribution < -0.4 is 14.8 Å². The smallest absolute Gasteiger partial charge is 0.124 e. The van der Waals surface area contributed by atoms with Gasteiger partial charge in [-0.1, -0.05) is 19.8 Å². The van der Waals surface area contributed by atoms with E-state index >= 15 is 0 Å². The molecule has 0 bridgehead atoms. The van der Waals surface area contributed by atoms with Crippen LogP contribution in [0.5, 0.6) is 11.5 Å². The van der Waals surface area contributed by atoms with Crippen LogP contribution in [0.4, 0.5) is 0 Å². The lowest BCUT2D eigenvalue weighted by Gasteiger charge is -2.32. The summed E-state index contributed by atoms with van der Waals surface area (Å²) in [6, 6.07) is 6.45. The van der Waals surface area contributed by atoms with Crippen molar-refractivity contribution in [1.29, 1.82) is 0 Å². The number of fused-ring (bicyclic) bond motifs is 1. The van der Waals surface area contributed by atoms with Gasteiger partial charge in [0.15, 0.2) is 0 Å². The maximum Gasteiger partial charge on any atom is 0.124 e. The van der Waals surface area contributed by atoms with E-state index in [9.17, 15) is 0 Å². The lowest BCUT2D eigenvalue weighted by Crippen LogP contribution is -2.31. The highest BCUT2D eigenvalue weighted by Gasteiger charge is 2.27. The fraction of sp³-hybridized carbons (Fsp3) is 0.625. The Morgan fingerprint density at radius 3 is 2.89 bits per heavy atom. The first-order valence-electron chi connectivity index (χ1n) is 7.30. The van der Waals surface area contributed by atoms with Crippen molar-refractivity contribution in [3.63, 3.8) is 0 Å². The summed E-state index contributed by atoms with van der Waals surface area (Å²) in [4.78, 5) is 0. The van der Waals surface area contributed by atoms with E-state index in [4.69, 9.17) is 9.47 Å². The Morgan fingerprint density at radius 1 is 1.37 bits per heavy atom. The predicted molar refractivity (Wildman–Crippen MR) is 78.0 cm³/mol. The first-order valence-corrected chi connectivity index (χ1v) is 7.30. The Morgan fingerprint density at radius 2 is 2.21 bits per heavy atom. The van der Waals surface area contributed by atoms with Crippen molar-refractivity contribution in [2.24, 2.45) is 0 Å². The van der Waals surface area contributed by atoms with E-state index in [0.717, 1.165) is 24.3 Å². The molecular weight excluding hydrogens is 238 g/mol. The first-order chi connectivity index (χ1) is 9.28. The predicted octanol–water partition coefficient (Wildman–Crippen LogP) is 3.69. The van der Waals surface area contributed by atoms with E-state index in [0.29, 0.717) is 12.1 Å². The zero-order valence-corrected chi connectivity index (χ0v) is 12.2. The third-order valence-corrected chi connectivity index (χ3v) is 3.86. The standard InChI is InChI=1S/C16H25NO2/c1-4-5-6-7-13-11-15(17-2)14-10-12(18-3)8-9-16(14)19-13/h8-10,13,15,17H,4-7,11H2,1-3H3. The van der Waals surface area contributed by atoms with Crippen molar-refractivity contribution < 1.29 is 9.47 Å². The monoisotopic (exact) mass is 263 g/mol. The summed E-state index contributed by atoms with van der Waals surface area (Å²) in [5.41, 5.74) is 1.22. The van der Waals surface area contributed by atoms with Crippen molar-refractivity contribution in [1.82, 2.24) is 5.32 Å². The van der Waals surface area contributed by atoms with Crippen LogP contribution in [0.3, 0.4) is 0 Å². The Kier molecular flexibility index (Phi) is 5.08. The fourth-order valence-electron chi connectivity index (χ4n) is 2.72. The van der Waals surface area contributed by atoms with Crippen LogP contribution in [0.1, 0.15) is 50.6 Å². The second-order valence-corrected chi connectivity index (χ2v) is 5.22. The number of rotatable bonds is 6. The van der Waals surface area contributed by atoms with E-state index < -0.39 is 0 Å². The van der Waals surface area contributed by atoms with Crippen LogP contribution in [0.2, 0.25) is 0 Å². The lowest BCUT2D eigenvalue weighted by molar-refractivity contribution is 0.140. The molecule has 0 radical (unpaired) electrons. The van der Waals surface area contributed by atoms with Crippen molar-refractivity contribution in [3.05, 3.63) is 23.8 Å². The zero-order valence-electron chi connectivity index (χ0n) is 12.2. The van der Waals surface area contributed by atoms with E-state index in [1.165, 1.54) is 24.8 Å². The molecule has 0 saturated carbocycles.